The third-order valence-corrected chi connectivity index (χ3v) is 4.80. The summed E-state index contributed by atoms with van der Waals surface area (Å²) >= 11 is 0. The Balaban J connectivity index is 1.41. The molecule has 33 heavy (non-hydrogen) atoms. The van der Waals surface area contributed by atoms with Crippen LogP contribution in [0.3, 0.4) is 0 Å². The van der Waals surface area contributed by atoms with Gasteiger partial charge in [-0.3, -0.25) is 4.79 Å². The van der Waals surface area contributed by atoms with E-state index in [4.69, 9.17) is 9.47 Å². The Labute approximate surface area is 192 Å². The SMILES string of the molecule is Cc1cc(C)n(-c2cc(Oc3ccc(NC(=O)C(C)Oc4ccccc4)cc3)nc(C)n2)n1. The number of hydrogen-bond acceptors (Lipinski definition) is 6. The van der Waals surface area contributed by atoms with Crippen LogP contribution in [0.2, 0.25) is 0 Å². The van der Waals surface area contributed by atoms with Gasteiger partial charge in [0.05, 0.1) is 5.69 Å². The van der Waals surface area contributed by atoms with Crippen LogP contribution in [0.25, 0.3) is 5.82 Å². The van der Waals surface area contributed by atoms with Crippen LogP contribution in [0.1, 0.15) is 24.1 Å². The summed E-state index contributed by atoms with van der Waals surface area (Å²) in [7, 11) is 0. The first kappa shape index (κ1) is 22.0. The molecule has 4 aromatic rings. The summed E-state index contributed by atoms with van der Waals surface area (Å²) in [5.74, 6) is 2.61. The number of carbonyl (C=O) groups is 1. The van der Waals surface area contributed by atoms with E-state index in [0.717, 1.165) is 11.4 Å². The molecule has 1 N–H and O–H groups in total. The highest BCUT2D eigenvalue weighted by atomic mass is 16.5. The average Bonchev–Trinajstić information content (AvgIpc) is 3.13. The van der Waals surface area contributed by atoms with Crippen LogP contribution < -0.4 is 14.8 Å². The van der Waals surface area contributed by atoms with Crippen LogP contribution in [0.5, 0.6) is 17.4 Å². The Bertz CT molecular complexity index is 1250. The van der Waals surface area contributed by atoms with Crippen molar-refractivity contribution in [2.75, 3.05) is 5.32 Å². The molecule has 0 bridgehead atoms. The Morgan fingerprint density at radius 2 is 1.67 bits per heavy atom. The normalized spacial score (nSPS) is 11.6. The lowest BCUT2D eigenvalue weighted by molar-refractivity contribution is -0.122. The highest BCUT2D eigenvalue weighted by Gasteiger charge is 2.15. The molecule has 0 aliphatic heterocycles. The maximum absolute atomic E-state index is 12.4. The number of benzene rings is 2. The molecule has 1 unspecified atom stereocenters. The van der Waals surface area contributed by atoms with E-state index in [9.17, 15) is 4.79 Å². The maximum Gasteiger partial charge on any atom is 0.265 e. The molecule has 1 amide bonds. The second kappa shape index (κ2) is 9.52. The van der Waals surface area contributed by atoms with Crippen molar-refractivity contribution in [3.63, 3.8) is 0 Å². The second-order valence-electron chi connectivity index (χ2n) is 7.64. The molecule has 2 aromatic heterocycles. The summed E-state index contributed by atoms with van der Waals surface area (Å²) in [6.07, 6.45) is -0.639. The highest BCUT2D eigenvalue weighted by Crippen LogP contribution is 2.24. The van der Waals surface area contributed by atoms with Crippen molar-refractivity contribution in [1.82, 2.24) is 19.7 Å². The second-order valence-corrected chi connectivity index (χ2v) is 7.64. The van der Waals surface area contributed by atoms with Crippen molar-refractivity contribution in [3.05, 3.63) is 83.9 Å². The molecule has 8 nitrogen and oxygen atoms in total. The van der Waals surface area contributed by atoms with Gasteiger partial charge in [0.1, 0.15) is 17.3 Å². The lowest BCUT2D eigenvalue weighted by Crippen LogP contribution is -2.30. The zero-order chi connectivity index (χ0) is 23.4. The predicted octanol–water partition coefficient (Wildman–Crippen LogP) is 4.79. The fraction of sp³-hybridized carbons (Fsp3) is 0.200. The van der Waals surface area contributed by atoms with Crippen molar-refractivity contribution in [1.29, 1.82) is 0 Å². The number of hydrogen-bond donors (Lipinski definition) is 1. The molecule has 2 aromatic carbocycles. The van der Waals surface area contributed by atoms with Gasteiger partial charge in [-0.2, -0.15) is 10.1 Å². The van der Waals surface area contributed by atoms with E-state index >= 15 is 0 Å². The van der Waals surface area contributed by atoms with Crippen molar-refractivity contribution in [2.24, 2.45) is 0 Å². The Morgan fingerprint density at radius 1 is 0.939 bits per heavy atom. The number of para-hydroxylation sites is 1. The molecule has 0 spiro atoms. The van der Waals surface area contributed by atoms with Crippen LogP contribution in [0, 0.1) is 20.8 Å². The third-order valence-electron chi connectivity index (χ3n) is 4.80. The van der Waals surface area contributed by atoms with Gasteiger partial charge in [0.25, 0.3) is 5.91 Å². The number of carbonyl (C=O) groups excluding carboxylic acids is 1. The van der Waals surface area contributed by atoms with Crippen molar-refractivity contribution < 1.29 is 14.3 Å². The van der Waals surface area contributed by atoms with E-state index in [1.165, 1.54) is 0 Å². The topological polar surface area (TPSA) is 91.2 Å². The Kier molecular flexibility index (Phi) is 6.35. The molecule has 168 valence electrons. The number of ether oxygens (including phenoxy) is 2. The molecular weight excluding hydrogens is 418 g/mol. The van der Waals surface area contributed by atoms with Crippen LogP contribution in [-0.4, -0.2) is 31.8 Å². The Hall–Kier alpha value is -4.20. The highest BCUT2D eigenvalue weighted by molar-refractivity contribution is 5.94. The van der Waals surface area contributed by atoms with Crippen molar-refractivity contribution in [2.45, 2.75) is 33.8 Å². The molecule has 0 aliphatic carbocycles. The van der Waals surface area contributed by atoms with Crippen LogP contribution >= 0.6 is 0 Å². The lowest BCUT2D eigenvalue weighted by atomic mass is 10.2. The van der Waals surface area contributed by atoms with Gasteiger partial charge in [-0.1, -0.05) is 18.2 Å². The number of nitrogens with zero attached hydrogens (tertiary/aromatic N) is 4. The van der Waals surface area contributed by atoms with E-state index in [-0.39, 0.29) is 5.91 Å². The summed E-state index contributed by atoms with van der Waals surface area (Å²) in [6.45, 7) is 7.41. The van der Waals surface area contributed by atoms with E-state index in [0.29, 0.717) is 34.7 Å². The van der Waals surface area contributed by atoms with Gasteiger partial charge in [0, 0.05) is 17.4 Å². The molecule has 2 heterocycles. The zero-order valence-corrected chi connectivity index (χ0v) is 18.9. The molecule has 0 saturated heterocycles. The van der Waals surface area contributed by atoms with Gasteiger partial charge in [-0.15, -0.1) is 0 Å². The smallest absolute Gasteiger partial charge is 0.265 e. The molecule has 0 fully saturated rings. The third kappa shape index (κ3) is 5.54. The quantitative estimate of drug-likeness (QED) is 0.442. The first-order valence-electron chi connectivity index (χ1n) is 10.6. The van der Waals surface area contributed by atoms with Crippen LogP contribution in [-0.2, 0) is 4.79 Å². The number of aromatic nitrogens is 4. The fourth-order valence-electron chi connectivity index (χ4n) is 3.27. The lowest BCUT2D eigenvalue weighted by Gasteiger charge is -2.15. The molecule has 4 rings (SSSR count). The van der Waals surface area contributed by atoms with Gasteiger partial charge in [-0.25, -0.2) is 9.67 Å². The summed E-state index contributed by atoms with van der Waals surface area (Å²) < 4.78 is 13.3. The molecule has 0 saturated carbocycles. The van der Waals surface area contributed by atoms with E-state index < -0.39 is 6.10 Å². The van der Waals surface area contributed by atoms with Crippen LogP contribution in [0.4, 0.5) is 5.69 Å². The van der Waals surface area contributed by atoms with Gasteiger partial charge in [0.2, 0.25) is 5.88 Å². The summed E-state index contributed by atoms with van der Waals surface area (Å²) in [5.41, 5.74) is 2.52. The maximum atomic E-state index is 12.4. The number of nitrogens with one attached hydrogen (secondary N) is 1. The summed E-state index contributed by atoms with van der Waals surface area (Å²) in [6, 6.07) is 20.0. The van der Waals surface area contributed by atoms with Gasteiger partial charge < -0.3 is 14.8 Å². The zero-order valence-electron chi connectivity index (χ0n) is 18.9. The largest absolute Gasteiger partial charge is 0.481 e. The van der Waals surface area contributed by atoms with E-state index in [2.05, 4.69) is 20.4 Å². The number of aryl methyl sites for hydroxylation is 3. The Morgan fingerprint density at radius 3 is 2.33 bits per heavy atom. The first-order valence-corrected chi connectivity index (χ1v) is 10.6. The summed E-state index contributed by atoms with van der Waals surface area (Å²) in [5, 5.41) is 7.31. The number of anilines is 1. The van der Waals surface area contributed by atoms with Gasteiger partial charge >= 0.3 is 0 Å². The molecule has 8 heteroatoms. The van der Waals surface area contributed by atoms with Crippen LogP contribution in [0.15, 0.2) is 66.7 Å². The minimum absolute atomic E-state index is 0.242. The van der Waals surface area contributed by atoms with Crippen molar-refractivity contribution >= 4 is 11.6 Å². The fourth-order valence-corrected chi connectivity index (χ4v) is 3.27. The van der Waals surface area contributed by atoms with E-state index in [1.54, 1.807) is 48.9 Å². The molecule has 0 radical (unpaired) electrons. The average molecular weight is 444 g/mol. The summed E-state index contributed by atoms with van der Waals surface area (Å²) in [4.78, 5) is 21.3. The predicted molar refractivity (Wildman–Crippen MR) is 125 cm³/mol. The first-order chi connectivity index (χ1) is 15.9. The number of rotatable bonds is 7. The van der Waals surface area contributed by atoms with E-state index in [1.807, 2.05) is 50.2 Å². The number of amides is 1. The van der Waals surface area contributed by atoms with Gasteiger partial charge in [0.15, 0.2) is 11.9 Å². The minimum Gasteiger partial charge on any atom is -0.481 e. The molecule has 0 aliphatic rings. The molecule has 1 atom stereocenters. The molecular formula is C25H25N5O3. The minimum atomic E-state index is -0.639. The standard InChI is InChI=1S/C25H25N5O3/c1-16-14-17(2)30(29-16)23-15-24(27-19(4)26-23)33-22-12-10-20(11-13-22)28-25(31)18(3)32-21-8-6-5-7-9-21/h5-15,18H,1-4H3,(H,28,31). The van der Waals surface area contributed by atoms with Gasteiger partial charge in [-0.05, 0) is 70.2 Å². The van der Waals surface area contributed by atoms with Crippen molar-refractivity contribution in [3.8, 4) is 23.2 Å². The monoisotopic (exact) mass is 443 g/mol.